The molecule has 3 aromatic heterocycles. The lowest BCUT2D eigenvalue weighted by molar-refractivity contribution is -0.119. The van der Waals surface area contributed by atoms with Crippen LogP contribution in [-0.4, -0.2) is 43.4 Å². The van der Waals surface area contributed by atoms with Crippen LogP contribution in [0.3, 0.4) is 0 Å². The Bertz CT molecular complexity index is 1530. The van der Waals surface area contributed by atoms with Crippen LogP contribution in [0.25, 0.3) is 22.0 Å². The number of amides is 2. The molecule has 1 aliphatic heterocycles. The zero-order valence-electron chi connectivity index (χ0n) is 19.1. The number of carbonyl (C=O) groups is 2. The summed E-state index contributed by atoms with van der Waals surface area (Å²) in [6.45, 7) is 1.83. The number of hydrogen-bond acceptors (Lipinski definition) is 8. The highest BCUT2D eigenvalue weighted by Gasteiger charge is 2.44. The predicted molar refractivity (Wildman–Crippen MR) is 129 cm³/mol. The third-order valence-corrected chi connectivity index (χ3v) is 6.47. The number of nitrogens with one attached hydrogen (secondary N) is 2. The molecular weight excluding hydrogens is 448 g/mol. The van der Waals surface area contributed by atoms with Crippen LogP contribution >= 0.6 is 0 Å². The van der Waals surface area contributed by atoms with Crippen LogP contribution in [0.2, 0.25) is 0 Å². The Hall–Kier alpha value is -4.54. The third kappa shape index (κ3) is 3.70. The second kappa shape index (κ2) is 7.76. The summed E-state index contributed by atoms with van der Waals surface area (Å²) in [5.41, 5.74) is 11.3. The molecule has 11 heteroatoms. The van der Waals surface area contributed by atoms with Gasteiger partial charge in [-0.1, -0.05) is 0 Å². The van der Waals surface area contributed by atoms with Crippen molar-refractivity contribution >= 4 is 39.9 Å². The monoisotopic (exact) mass is 470 g/mol. The minimum atomic E-state index is -0.227. The minimum absolute atomic E-state index is 0.0568. The van der Waals surface area contributed by atoms with Crippen molar-refractivity contribution < 1.29 is 14.3 Å². The highest BCUT2D eigenvalue weighted by molar-refractivity contribution is 6.00. The summed E-state index contributed by atoms with van der Waals surface area (Å²) in [7, 11) is 1.86. The van der Waals surface area contributed by atoms with E-state index in [1.807, 2.05) is 26.2 Å². The Morgan fingerprint density at radius 2 is 2.11 bits per heavy atom. The van der Waals surface area contributed by atoms with Gasteiger partial charge in [-0.05, 0) is 54.2 Å². The Morgan fingerprint density at radius 3 is 2.91 bits per heavy atom. The summed E-state index contributed by atoms with van der Waals surface area (Å²) in [5.74, 6) is 0.479. The van der Waals surface area contributed by atoms with Crippen LogP contribution in [0, 0.1) is 12.8 Å². The Morgan fingerprint density at radius 1 is 1.26 bits per heavy atom. The molecule has 2 atom stereocenters. The van der Waals surface area contributed by atoms with Gasteiger partial charge in [-0.3, -0.25) is 14.3 Å². The number of nitrogens with zero attached hydrogens (tertiary/aromatic N) is 5. The van der Waals surface area contributed by atoms with Crippen LogP contribution in [-0.2, 0) is 16.6 Å². The molecule has 0 radical (unpaired) electrons. The molecule has 4 N–H and O–H groups in total. The van der Waals surface area contributed by atoms with E-state index in [1.54, 1.807) is 29.2 Å². The number of aryl methyl sites for hydroxylation is 1. The van der Waals surface area contributed by atoms with Gasteiger partial charge in [0, 0.05) is 36.3 Å². The zero-order valence-corrected chi connectivity index (χ0v) is 19.1. The topological polar surface area (TPSA) is 150 Å². The molecule has 176 valence electrons. The zero-order chi connectivity index (χ0) is 24.3. The van der Waals surface area contributed by atoms with Gasteiger partial charge >= 0.3 is 0 Å². The van der Waals surface area contributed by atoms with Crippen molar-refractivity contribution in [1.29, 1.82) is 0 Å². The largest absolute Gasteiger partial charge is 0.466 e. The van der Waals surface area contributed by atoms with Crippen LogP contribution < -0.4 is 21.1 Å². The Kier molecular flexibility index (Phi) is 4.66. The number of aromatic nitrogens is 5. The number of carbonyl (C=O) groups excluding carboxylic acids is 2. The van der Waals surface area contributed by atoms with Crippen molar-refractivity contribution in [3.05, 3.63) is 47.9 Å². The second-order valence-electron chi connectivity index (χ2n) is 8.93. The summed E-state index contributed by atoms with van der Waals surface area (Å²) >= 11 is 0. The highest BCUT2D eigenvalue weighted by atomic mass is 16.5. The van der Waals surface area contributed by atoms with Gasteiger partial charge in [0.25, 0.3) is 5.91 Å². The maximum atomic E-state index is 12.8. The van der Waals surface area contributed by atoms with Crippen molar-refractivity contribution in [3.63, 3.8) is 0 Å². The number of ether oxygens (including phenoxy) is 1. The van der Waals surface area contributed by atoms with Gasteiger partial charge in [0.05, 0.1) is 11.9 Å². The first kappa shape index (κ1) is 21.0. The number of pyridine rings is 1. The lowest BCUT2D eigenvalue weighted by atomic mass is 9.99. The molecule has 0 bridgehead atoms. The summed E-state index contributed by atoms with van der Waals surface area (Å²) in [5, 5.41) is 19.0. The SMILES string of the molecule is Cc1c(-c2cc(N)c3nnc(NC(=O)C4CC4c4cnn(C)c4)cc3c2)cnc2c1NC(=O)CO2. The van der Waals surface area contributed by atoms with E-state index in [-0.39, 0.29) is 30.3 Å². The molecule has 4 aromatic rings. The van der Waals surface area contributed by atoms with E-state index in [2.05, 4.69) is 30.9 Å². The molecule has 1 saturated carbocycles. The number of nitrogen functional groups attached to an aromatic ring is 1. The summed E-state index contributed by atoms with van der Waals surface area (Å²) in [6, 6.07) is 5.46. The first-order chi connectivity index (χ1) is 16.9. The van der Waals surface area contributed by atoms with Crippen molar-refractivity contribution in [2.24, 2.45) is 13.0 Å². The molecule has 1 aromatic carbocycles. The number of nitrogens with two attached hydrogens (primary N) is 1. The van der Waals surface area contributed by atoms with E-state index in [0.29, 0.717) is 28.6 Å². The van der Waals surface area contributed by atoms with Crippen molar-refractivity contribution in [1.82, 2.24) is 25.0 Å². The first-order valence-electron chi connectivity index (χ1n) is 11.2. The van der Waals surface area contributed by atoms with Crippen LogP contribution in [0.4, 0.5) is 17.2 Å². The third-order valence-electron chi connectivity index (χ3n) is 6.47. The standard InChI is InChI=1S/C24H22N8O3/c1-11-17(8-26-24-21(11)29-20(33)10-35-24)12-3-13-5-19(30-31-22(13)18(25)4-12)28-23(34)16-6-15(16)14-7-27-32(2)9-14/h3-5,7-9,15-16H,6,10,25H2,1-2H3,(H,29,33)(H,28,30,34). The molecule has 35 heavy (non-hydrogen) atoms. The minimum Gasteiger partial charge on any atom is -0.466 e. The van der Waals surface area contributed by atoms with E-state index < -0.39 is 0 Å². The molecule has 2 unspecified atom stereocenters. The maximum Gasteiger partial charge on any atom is 0.262 e. The number of fused-ring (bicyclic) bond motifs is 2. The van der Waals surface area contributed by atoms with Crippen molar-refractivity contribution in [2.75, 3.05) is 23.0 Å². The summed E-state index contributed by atoms with van der Waals surface area (Å²) < 4.78 is 7.14. The molecule has 0 spiro atoms. The van der Waals surface area contributed by atoms with E-state index in [1.165, 1.54) is 0 Å². The maximum absolute atomic E-state index is 12.8. The van der Waals surface area contributed by atoms with E-state index in [4.69, 9.17) is 10.5 Å². The summed E-state index contributed by atoms with van der Waals surface area (Å²) in [4.78, 5) is 28.9. The molecule has 2 aliphatic rings. The predicted octanol–water partition coefficient (Wildman–Crippen LogP) is 2.39. The van der Waals surface area contributed by atoms with E-state index in [9.17, 15) is 9.59 Å². The second-order valence-corrected chi connectivity index (χ2v) is 8.93. The molecule has 2 amide bonds. The van der Waals surface area contributed by atoms with E-state index >= 15 is 0 Å². The van der Waals surface area contributed by atoms with Crippen molar-refractivity contribution in [3.8, 4) is 17.0 Å². The van der Waals surface area contributed by atoms with E-state index in [0.717, 1.165) is 34.1 Å². The van der Waals surface area contributed by atoms with Crippen LogP contribution in [0.15, 0.2) is 36.8 Å². The Balaban J connectivity index is 1.29. The molecule has 6 rings (SSSR count). The van der Waals surface area contributed by atoms with Gasteiger partial charge in [0.2, 0.25) is 11.8 Å². The summed E-state index contributed by atoms with van der Waals surface area (Å²) in [6.07, 6.45) is 6.20. The smallest absolute Gasteiger partial charge is 0.262 e. The lowest BCUT2D eigenvalue weighted by Gasteiger charge is -2.20. The van der Waals surface area contributed by atoms with Gasteiger partial charge < -0.3 is 21.1 Å². The normalized spacial score (nSPS) is 18.5. The number of rotatable bonds is 4. The van der Waals surface area contributed by atoms with Gasteiger partial charge in [0.1, 0.15) is 11.2 Å². The van der Waals surface area contributed by atoms with Gasteiger partial charge in [-0.25, -0.2) is 4.98 Å². The molecule has 1 aliphatic carbocycles. The lowest BCUT2D eigenvalue weighted by Crippen LogP contribution is -2.26. The van der Waals surface area contributed by atoms with Crippen LogP contribution in [0.5, 0.6) is 5.88 Å². The fraction of sp³-hybridized carbons (Fsp3) is 0.250. The van der Waals surface area contributed by atoms with Crippen LogP contribution in [0.1, 0.15) is 23.5 Å². The highest BCUT2D eigenvalue weighted by Crippen LogP contribution is 2.47. The molecule has 1 fully saturated rings. The fourth-order valence-corrected chi connectivity index (χ4v) is 4.54. The molecule has 4 heterocycles. The van der Waals surface area contributed by atoms with Gasteiger partial charge in [-0.15, -0.1) is 10.2 Å². The average Bonchev–Trinajstić information content (AvgIpc) is 3.52. The van der Waals surface area contributed by atoms with Gasteiger partial charge in [-0.2, -0.15) is 5.10 Å². The molecule has 0 saturated heterocycles. The molecule has 11 nitrogen and oxygen atoms in total. The number of benzene rings is 1. The average molecular weight is 470 g/mol. The molecular formula is C24H22N8O3. The fourth-order valence-electron chi connectivity index (χ4n) is 4.54. The number of anilines is 3. The Labute approximate surface area is 199 Å². The van der Waals surface area contributed by atoms with Gasteiger partial charge in [0.15, 0.2) is 12.4 Å². The number of hydrogen-bond donors (Lipinski definition) is 3. The quantitative estimate of drug-likeness (QED) is 0.385. The first-order valence-corrected chi connectivity index (χ1v) is 11.2. The van der Waals surface area contributed by atoms with Crippen molar-refractivity contribution in [2.45, 2.75) is 19.3 Å².